The van der Waals surface area contributed by atoms with Gasteiger partial charge >= 0.3 is 11.9 Å². The van der Waals surface area contributed by atoms with Crippen molar-refractivity contribution >= 4 is 40.8 Å². The largest absolute Gasteiger partial charge is 0.460 e. The summed E-state index contributed by atoms with van der Waals surface area (Å²) >= 11 is 5.10. The van der Waals surface area contributed by atoms with Crippen LogP contribution < -0.4 is 0 Å². The number of hydrogen-bond acceptors (Lipinski definition) is 7. The third kappa shape index (κ3) is 7.32. The number of hydroxylamine groups is 2. The van der Waals surface area contributed by atoms with E-state index in [0.717, 1.165) is 0 Å². The number of rotatable bonds is 7. The van der Waals surface area contributed by atoms with E-state index in [1.54, 1.807) is 20.8 Å². The van der Waals surface area contributed by atoms with E-state index in [1.807, 2.05) is 0 Å². The first-order valence-electron chi connectivity index (χ1n) is 7.38. The van der Waals surface area contributed by atoms with Gasteiger partial charge in [0.25, 0.3) is 11.8 Å². The van der Waals surface area contributed by atoms with Crippen molar-refractivity contribution in [3.8, 4) is 0 Å². The van der Waals surface area contributed by atoms with E-state index >= 15 is 0 Å². The molecule has 2 amide bonds. The summed E-state index contributed by atoms with van der Waals surface area (Å²) in [5, 5.41) is 0.506. The van der Waals surface area contributed by atoms with Crippen LogP contribution >= 0.6 is 12.2 Å². The minimum atomic E-state index is -0.701. The molecule has 128 valence electrons. The van der Waals surface area contributed by atoms with Gasteiger partial charge in [-0.1, -0.05) is 12.2 Å². The summed E-state index contributed by atoms with van der Waals surface area (Å²) < 4.78 is 5.15. The quantitative estimate of drug-likeness (QED) is 0.396. The predicted octanol–water partition coefficient (Wildman–Crippen LogP) is 1.87. The fraction of sp³-hybridized carbons (Fsp3) is 0.667. The van der Waals surface area contributed by atoms with E-state index in [9.17, 15) is 19.2 Å². The Hall–Kier alpha value is -1.83. The van der Waals surface area contributed by atoms with Crippen molar-refractivity contribution in [2.75, 3.05) is 0 Å². The molecule has 23 heavy (non-hydrogen) atoms. The highest BCUT2D eigenvalue weighted by atomic mass is 32.1. The number of hydrogen-bond donors (Lipinski definition) is 0. The Morgan fingerprint density at radius 2 is 1.48 bits per heavy atom. The van der Waals surface area contributed by atoms with Gasteiger partial charge in [0.2, 0.25) is 0 Å². The summed E-state index contributed by atoms with van der Waals surface area (Å²) in [7, 11) is 0. The molecule has 0 aromatic carbocycles. The lowest BCUT2D eigenvalue weighted by molar-refractivity contribution is -0.197. The van der Waals surface area contributed by atoms with Gasteiger partial charge in [-0.25, -0.2) is 4.79 Å². The molecular formula is C15H21NO6S. The Morgan fingerprint density at radius 1 is 1.00 bits per heavy atom. The molecule has 0 spiro atoms. The lowest BCUT2D eigenvalue weighted by atomic mass is 10.1. The topological polar surface area (TPSA) is 90.0 Å². The van der Waals surface area contributed by atoms with E-state index in [2.05, 4.69) is 0 Å². The second-order valence-electron chi connectivity index (χ2n) is 6.17. The molecule has 8 heteroatoms. The normalized spacial score (nSPS) is 14.8. The van der Waals surface area contributed by atoms with Gasteiger partial charge < -0.3 is 9.57 Å². The van der Waals surface area contributed by atoms with Crippen molar-refractivity contribution in [3.05, 3.63) is 0 Å². The van der Waals surface area contributed by atoms with Crippen LogP contribution in [0.4, 0.5) is 0 Å². The summed E-state index contributed by atoms with van der Waals surface area (Å²) in [6, 6.07) is 0. The minimum absolute atomic E-state index is 0.0514. The molecule has 0 N–H and O–H groups in total. The minimum Gasteiger partial charge on any atom is -0.460 e. The Labute approximate surface area is 140 Å². The summed E-state index contributed by atoms with van der Waals surface area (Å²) in [6.07, 6.45) is 0.783. The van der Waals surface area contributed by atoms with Crippen LogP contribution in [0.3, 0.4) is 0 Å². The van der Waals surface area contributed by atoms with Gasteiger partial charge in [0.1, 0.15) is 5.60 Å². The maximum Gasteiger partial charge on any atom is 0.333 e. The number of amides is 2. The molecule has 1 rings (SSSR count). The number of carbonyl (C=O) groups is 4. The lowest BCUT2D eigenvalue weighted by Crippen LogP contribution is -2.32. The number of imide groups is 1. The maximum atomic E-state index is 11.6. The summed E-state index contributed by atoms with van der Waals surface area (Å²) in [6.45, 7) is 5.33. The molecule has 0 aromatic rings. The SMILES string of the molecule is CC(C)(C)OC(=O)CCC(=S)CCC(=O)ON1C(=O)CCC1=O. The van der Waals surface area contributed by atoms with Crippen molar-refractivity contribution in [2.45, 2.75) is 64.9 Å². The molecule has 1 aliphatic rings. The van der Waals surface area contributed by atoms with E-state index in [0.29, 0.717) is 16.3 Å². The van der Waals surface area contributed by atoms with Crippen LogP contribution in [0, 0.1) is 0 Å². The van der Waals surface area contributed by atoms with Gasteiger partial charge in [0.15, 0.2) is 0 Å². The molecule has 1 saturated heterocycles. The first-order chi connectivity index (χ1) is 10.6. The first-order valence-corrected chi connectivity index (χ1v) is 7.79. The monoisotopic (exact) mass is 343 g/mol. The second kappa shape index (κ2) is 8.14. The van der Waals surface area contributed by atoms with Crippen molar-refractivity contribution in [3.63, 3.8) is 0 Å². The van der Waals surface area contributed by atoms with E-state index in [4.69, 9.17) is 21.8 Å². The Balaban J connectivity index is 2.25. The van der Waals surface area contributed by atoms with Gasteiger partial charge in [-0.3, -0.25) is 14.4 Å². The third-order valence-electron chi connectivity index (χ3n) is 2.83. The second-order valence-corrected chi connectivity index (χ2v) is 6.75. The number of carbonyl (C=O) groups excluding carboxylic acids is 4. The van der Waals surface area contributed by atoms with Gasteiger partial charge in [-0.05, 0) is 38.5 Å². The number of thiocarbonyl (C=S) groups is 1. The molecule has 0 aromatic heterocycles. The lowest BCUT2D eigenvalue weighted by Gasteiger charge is -2.19. The molecule has 0 atom stereocenters. The fourth-order valence-corrected chi connectivity index (χ4v) is 2.01. The van der Waals surface area contributed by atoms with Crippen molar-refractivity contribution < 1.29 is 28.8 Å². The van der Waals surface area contributed by atoms with Crippen LogP contribution in [0.5, 0.6) is 0 Å². The third-order valence-corrected chi connectivity index (χ3v) is 3.24. The summed E-state index contributed by atoms with van der Waals surface area (Å²) in [5.41, 5.74) is -0.544. The molecular weight excluding hydrogens is 322 g/mol. The highest BCUT2D eigenvalue weighted by Crippen LogP contribution is 2.14. The standard InChI is InChI=1S/C15H21NO6S/c1-15(2,3)21-13(19)8-4-10(23)5-9-14(20)22-16-11(17)6-7-12(16)18/h4-9H2,1-3H3. The molecule has 0 saturated carbocycles. The molecule has 7 nitrogen and oxygen atoms in total. The molecule has 1 aliphatic heterocycles. The maximum absolute atomic E-state index is 11.6. The van der Waals surface area contributed by atoms with Crippen LogP contribution in [-0.4, -0.2) is 39.3 Å². The highest BCUT2D eigenvalue weighted by Gasteiger charge is 2.32. The van der Waals surface area contributed by atoms with E-state index < -0.39 is 23.4 Å². The molecule has 0 bridgehead atoms. The first kappa shape index (κ1) is 19.2. The average molecular weight is 343 g/mol. The Kier molecular flexibility index (Phi) is 6.80. The zero-order chi connectivity index (χ0) is 17.6. The van der Waals surface area contributed by atoms with Gasteiger partial charge in [0, 0.05) is 12.8 Å². The number of esters is 1. The Morgan fingerprint density at radius 3 is 1.96 bits per heavy atom. The van der Waals surface area contributed by atoms with Crippen LogP contribution in [0.15, 0.2) is 0 Å². The van der Waals surface area contributed by atoms with Gasteiger partial charge in [-0.15, -0.1) is 5.06 Å². The van der Waals surface area contributed by atoms with Gasteiger partial charge in [0.05, 0.1) is 12.8 Å². The van der Waals surface area contributed by atoms with Crippen molar-refractivity contribution in [1.29, 1.82) is 0 Å². The van der Waals surface area contributed by atoms with Crippen LogP contribution in [-0.2, 0) is 28.8 Å². The predicted molar refractivity (Wildman–Crippen MR) is 84.1 cm³/mol. The number of ether oxygens (including phenoxy) is 1. The summed E-state index contributed by atoms with van der Waals surface area (Å²) in [4.78, 5) is 51.0. The molecule has 0 aliphatic carbocycles. The van der Waals surface area contributed by atoms with Crippen LogP contribution in [0.25, 0.3) is 0 Å². The smallest absolute Gasteiger partial charge is 0.333 e. The zero-order valence-electron chi connectivity index (χ0n) is 13.5. The average Bonchev–Trinajstić information content (AvgIpc) is 2.73. The zero-order valence-corrected chi connectivity index (χ0v) is 14.4. The number of nitrogens with zero attached hydrogens (tertiary/aromatic N) is 1. The van der Waals surface area contributed by atoms with Crippen molar-refractivity contribution in [2.24, 2.45) is 0 Å². The summed E-state index contributed by atoms with van der Waals surface area (Å²) in [5.74, 6) is -2.09. The molecule has 1 heterocycles. The molecule has 1 fully saturated rings. The van der Waals surface area contributed by atoms with Crippen molar-refractivity contribution in [1.82, 2.24) is 5.06 Å². The highest BCUT2D eigenvalue weighted by molar-refractivity contribution is 7.80. The van der Waals surface area contributed by atoms with E-state index in [-0.39, 0.29) is 38.1 Å². The fourth-order valence-electron chi connectivity index (χ4n) is 1.81. The van der Waals surface area contributed by atoms with Gasteiger partial charge in [-0.2, -0.15) is 0 Å². The van der Waals surface area contributed by atoms with E-state index in [1.165, 1.54) is 0 Å². The molecule has 0 radical (unpaired) electrons. The van der Waals surface area contributed by atoms with Crippen LogP contribution in [0.1, 0.15) is 59.3 Å². The molecule has 0 unspecified atom stereocenters. The van der Waals surface area contributed by atoms with Crippen LogP contribution in [0.2, 0.25) is 0 Å². The Bertz CT molecular complexity index is 507.